The van der Waals surface area contributed by atoms with Gasteiger partial charge in [-0.15, -0.1) is 0 Å². The van der Waals surface area contributed by atoms with Gasteiger partial charge in [0.2, 0.25) is 5.91 Å². The fourth-order valence-electron chi connectivity index (χ4n) is 4.87. The maximum absolute atomic E-state index is 13.1. The van der Waals surface area contributed by atoms with Crippen LogP contribution in [-0.2, 0) is 11.3 Å². The summed E-state index contributed by atoms with van der Waals surface area (Å²) in [7, 11) is 0. The van der Waals surface area contributed by atoms with Crippen molar-refractivity contribution in [2.75, 3.05) is 37.6 Å². The van der Waals surface area contributed by atoms with Crippen molar-refractivity contribution in [3.05, 3.63) is 66.0 Å². The molecule has 31 heavy (non-hydrogen) atoms. The topological polar surface area (TPSA) is 35.6 Å². The van der Waals surface area contributed by atoms with Gasteiger partial charge in [-0.2, -0.15) is 0 Å². The summed E-state index contributed by atoms with van der Waals surface area (Å²) in [5.41, 5.74) is 2.43. The Morgan fingerprint density at radius 1 is 0.903 bits per heavy atom. The number of piperidine rings is 2. The summed E-state index contributed by atoms with van der Waals surface area (Å²) in [4.78, 5) is 17.4. The largest absolute Gasteiger partial charge is 0.371 e. The molecule has 5 heteroatoms. The lowest BCUT2D eigenvalue weighted by atomic mass is 9.92. The van der Waals surface area contributed by atoms with E-state index in [-0.39, 0.29) is 17.6 Å². The molecule has 2 aromatic rings. The summed E-state index contributed by atoms with van der Waals surface area (Å²) in [5, 5.41) is 3.19. The molecule has 0 aliphatic carbocycles. The monoisotopic (exact) mass is 423 g/mol. The number of nitrogens with one attached hydrogen (secondary N) is 1. The van der Waals surface area contributed by atoms with Gasteiger partial charge in [-0.25, -0.2) is 4.39 Å². The van der Waals surface area contributed by atoms with Crippen molar-refractivity contribution in [1.82, 2.24) is 10.2 Å². The molecular formula is C26H34FN3O. The first-order chi connectivity index (χ1) is 15.2. The van der Waals surface area contributed by atoms with Crippen LogP contribution in [0, 0.1) is 17.7 Å². The van der Waals surface area contributed by atoms with Gasteiger partial charge in [0, 0.05) is 37.8 Å². The van der Waals surface area contributed by atoms with E-state index in [0.717, 1.165) is 64.2 Å². The smallest absolute Gasteiger partial charge is 0.223 e. The third-order valence-corrected chi connectivity index (χ3v) is 6.87. The predicted octanol–water partition coefficient (Wildman–Crippen LogP) is 4.46. The molecule has 166 valence electrons. The van der Waals surface area contributed by atoms with Gasteiger partial charge >= 0.3 is 0 Å². The van der Waals surface area contributed by atoms with Crippen molar-refractivity contribution in [3.63, 3.8) is 0 Å². The van der Waals surface area contributed by atoms with Crippen LogP contribution in [-0.4, -0.2) is 43.5 Å². The highest BCUT2D eigenvalue weighted by atomic mass is 19.1. The minimum absolute atomic E-state index is 0.101. The number of carbonyl (C=O) groups is 1. The van der Waals surface area contributed by atoms with Crippen LogP contribution in [0.4, 0.5) is 10.1 Å². The standard InChI is InChI=1S/C26H34FN3O/c27-24-6-8-25(9-7-24)30-18-13-23(14-19-30)26(31)28-15-10-21-11-16-29(17-12-21)20-22-4-2-1-3-5-22/h1-9,21,23H,10-20H2,(H,28,31). The number of nitrogens with zero attached hydrogens (tertiary/aromatic N) is 2. The maximum Gasteiger partial charge on any atom is 0.223 e. The van der Waals surface area contributed by atoms with Crippen molar-refractivity contribution in [3.8, 4) is 0 Å². The van der Waals surface area contributed by atoms with Crippen molar-refractivity contribution in [1.29, 1.82) is 0 Å². The second-order valence-corrected chi connectivity index (χ2v) is 9.02. The molecule has 0 saturated carbocycles. The number of anilines is 1. The Kier molecular flexibility index (Phi) is 7.57. The van der Waals surface area contributed by atoms with E-state index in [2.05, 4.69) is 45.4 Å². The minimum atomic E-state index is -0.208. The maximum atomic E-state index is 13.1. The molecule has 2 aromatic carbocycles. The third kappa shape index (κ3) is 6.30. The number of likely N-dealkylation sites (tertiary alicyclic amines) is 1. The van der Waals surface area contributed by atoms with Crippen LogP contribution in [0.1, 0.15) is 37.7 Å². The number of benzene rings is 2. The number of carbonyl (C=O) groups excluding carboxylic acids is 1. The molecule has 0 atom stereocenters. The second kappa shape index (κ2) is 10.8. The Balaban J connectivity index is 1.11. The zero-order chi connectivity index (χ0) is 21.5. The molecule has 4 nitrogen and oxygen atoms in total. The molecule has 2 aliphatic rings. The van der Waals surface area contributed by atoms with Gasteiger partial charge in [-0.3, -0.25) is 9.69 Å². The van der Waals surface area contributed by atoms with E-state index in [1.165, 1.54) is 30.5 Å². The molecule has 1 N–H and O–H groups in total. The molecule has 0 aromatic heterocycles. The van der Waals surface area contributed by atoms with Gasteiger partial charge in [-0.05, 0) is 80.9 Å². The molecule has 1 amide bonds. The molecule has 0 bridgehead atoms. The first-order valence-corrected chi connectivity index (χ1v) is 11.7. The Morgan fingerprint density at radius 3 is 2.26 bits per heavy atom. The first kappa shape index (κ1) is 21.8. The van der Waals surface area contributed by atoms with E-state index in [4.69, 9.17) is 0 Å². The van der Waals surface area contributed by atoms with Crippen LogP contribution in [0.25, 0.3) is 0 Å². The SMILES string of the molecule is O=C(NCCC1CCN(Cc2ccccc2)CC1)C1CCN(c2ccc(F)cc2)CC1. The van der Waals surface area contributed by atoms with Gasteiger partial charge in [0.15, 0.2) is 0 Å². The summed E-state index contributed by atoms with van der Waals surface area (Å²) in [6.07, 6.45) is 5.25. The summed E-state index contributed by atoms with van der Waals surface area (Å²) >= 11 is 0. The van der Waals surface area contributed by atoms with E-state index >= 15 is 0 Å². The van der Waals surface area contributed by atoms with Crippen LogP contribution in [0.5, 0.6) is 0 Å². The van der Waals surface area contributed by atoms with Gasteiger partial charge in [0.1, 0.15) is 5.82 Å². The Labute approximate surface area is 185 Å². The van der Waals surface area contributed by atoms with Gasteiger partial charge in [0.25, 0.3) is 0 Å². The van der Waals surface area contributed by atoms with Crippen LogP contribution >= 0.6 is 0 Å². The minimum Gasteiger partial charge on any atom is -0.371 e. The molecule has 2 fully saturated rings. The van der Waals surface area contributed by atoms with Crippen molar-refractivity contribution >= 4 is 11.6 Å². The zero-order valence-electron chi connectivity index (χ0n) is 18.3. The summed E-state index contributed by atoms with van der Waals surface area (Å²) < 4.78 is 13.1. The van der Waals surface area contributed by atoms with E-state index in [9.17, 15) is 9.18 Å². The average Bonchev–Trinajstić information content (AvgIpc) is 2.81. The summed E-state index contributed by atoms with van der Waals surface area (Å²) in [6.45, 7) is 5.83. The van der Waals surface area contributed by atoms with Crippen LogP contribution in [0.2, 0.25) is 0 Å². The highest BCUT2D eigenvalue weighted by molar-refractivity contribution is 5.79. The number of halogens is 1. The predicted molar refractivity (Wildman–Crippen MR) is 123 cm³/mol. The lowest BCUT2D eigenvalue weighted by Gasteiger charge is -2.33. The average molecular weight is 424 g/mol. The first-order valence-electron chi connectivity index (χ1n) is 11.7. The van der Waals surface area contributed by atoms with Crippen molar-refractivity contribution in [2.45, 2.75) is 38.6 Å². The van der Waals surface area contributed by atoms with Gasteiger partial charge in [-0.1, -0.05) is 30.3 Å². The molecule has 0 unspecified atom stereocenters. The van der Waals surface area contributed by atoms with E-state index in [1.807, 2.05) is 12.1 Å². The normalized spacial score (nSPS) is 18.8. The fourth-order valence-corrected chi connectivity index (χ4v) is 4.87. The number of hydrogen-bond donors (Lipinski definition) is 1. The molecular weight excluding hydrogens is 389 g/mol. The van der Waals surface area contributed by atoms with Crippen LogP contribution in [0.3, 0.4) is 0 Å². The quantitative estimate of drug-likeness (QED) is 0.714. The van der Waals surface area contributed by atoms with E-state index in [1.54, 1.807) is 0 Å². The highest BCUT2D eigenvalue weighted by Crippen LogP contribution is 2.24. The van der Waals surface area contributed by atoms with Gasteiger partial charge < -0.3 is 10.2 Å². The van der Waals surface area contributed by atoms with E-state index < -0.39 is 0 Å². The summed E-state index contributed by atoms with van der Waals surface area (Å²) in [6, 6.07) is 17.3. The Hall–Kier alpha value is -2.40. The Bertz CT molecular complexity index is 810. The fraction of sp³-hybridized carbons (Fsp3) is 0.500. The third-order valence-electron chi connectivity index (χ3n) is 6.87. The Morgan fingerprint density at radius 2 is 1.58 bits per heavy atom. The molecule has 4 rings (SSSR count). The molecule has 2 aliphatic heterocycles. The van der Waals surface area contributed by atoms with Crippen LogP contribution in [0.15, 0.2) is 54.6 Å². The molecule has 0 spiro atoms. The lowest BCUT2D eigenvalue weighted by Crippen LogP contribution is -2.41. The van der Waals surface area contributed by atoms with Crippen LogP contribution < -0.4 is 10.2 Å². The highest BCUT2D eigenvalue weighted by Gasteiger charge is 2.25. The number of amides is 1. The molecule has 2 saturated heterocycles. The van der Waals surface area contributed by atoms with Crippen molar-refractivity contribution in [2.24, 2.45) is 11.8 Å². The number of hydrogen-bond acceptors (Lipinski definition) is 3. The number of rotatable bonds is 7. The molecule has 2 heterocycles. The lowest BCUT2D eigenvalue weighted by molar-refractivity contribution is -0.125. The van der Waals surface area contributed by atoms with E-state index in [0.29, 0.717) is 5.92 Å². The molecule has 0 radical (unpaired) electrons. The zero-order valence-corrected chi connectivity index (χ0v) is 18.3. The summed E-state index contributed by atoms with van der Waals surface area (Å²) in [5.74, 6) is 0.817. The second-order valence-electron chi connectivity index (χ2n) is 9.02. The van der Waals surface area contributed by atoms with Gasteiger partial charge in [0.05, 0.1) is 0 Å². The van der Waals surface area contributed by atoms with Crippen molar-refractivity contribution < 1.29 is 9.18 Å².